The van der Waals surface area contributed by atoms with E-state index in [1.54, 1.807) is 19.2 Å². The van der Waals surface area contributed by atoms with E-state index in [1.165, 1.54) is 6.07 Å². The topological polar surface area (TPSA) is 72.6 Å². The minimum atomic E-state index is -3.21. The smallest absolute Gasteiger partial charge is 0.175 e. The van der Waals surface area contributed by atoms with Crippen LogP contribution in [-0.2, 0) is 14.6 Å². The van der Waals surface area contributed by atoms with E-state index < -0.39 is 9.84 Å². The molecule has 1 rings (SSSR count). The number of sulfone groups is 1. The molecule has 0 saturated heterocycles. The Morgan fingerprint density at radius 1 is 1.41 bits per heavy atom. The van der Waals surface area contributed by atoms with E-state index in [1.807, 2.05) is 11.9 Å². The van der Waals surface area contributed by atoms with E-state index in [9.17, 15) is 8.42 Å². The summed E-state index contributed by atoms with van der Waals surface area (Å²) in [6.07, 6.45) is 1.16. The summed E-state index contributed by atoms with van der Waals surface area (Å²) in [5.74, 6) is 0. The molecule has 96 valence electrons. The number of likely N-dealkylation sites (N-methyl/N-ethyl adjacent to an activating group) is 1. The zero-order chi connectivity index (χ0) is 13.1. The van der Waals surface area contributed by atoms with Gasteiger partial charge in [-0.1, -0.05) is 0 Å². The number of methoxy groups -OCH3 is 1. The summed E-state index contributed by atoms with van der Waals surface area (Å²) in [7, 11) is 0.301. The maximum Gasteiger partial charge on any atom is 0.175 e. The molecule has 17 heavy (non-hydrogen) atoms. The quantitative estimate of drug-likeness (QED) is 0.789. The van der Waals surface area contributed by atoms with E-state index in [-0.39, 0.29) is 4.90 Å². The predicted molar refractivity (Wildman–Crippen MR) is 69.1 cm³/mol. The minimum Gasteiger partial charge on any atom is -0.397 e. The lowest BCUT2D eigenvalue weighted by atomic mass is 10.2. The van der Waals surface area contributed by atoms with Gasteiger partial charge in [-0.15, -0.1) is 0 Å². The lowest BCUT2D eigenvalue weighted by Gasteiger charge is -2.20. The molecule has 0 fully saturated rings. The molecule has 0 saturated carbocycles. The summed E-state index contributed by atoms with van der Waals surface area (Å²) in [6, 6.07) is 4.75. The molecular weight excluding hydrogens is 240 g/mol. The van der Waals surface area contributed by atoms with Gasteiger partial charge >= 0.3 is 0 Å². The van der Waals surface area contributed by atoms with Crippen molar-refractivity contribution in [2.24, 2.45) is 0 Å². The van der Waals surface area contributed by atoms with Gasteiger partial charge in [0, 0.05) is 27.0 Å². The van der Waals surface area contributed by atoms with Crippen LogP contribution in [0.1, 0.15) is 0 Å². The van der Waals surface area contributed by atoms with Gasteiger partial charge in [-0.2, -0.15) is 0 Å². The average molecular weight is 258 g/mol. The second-order valence-corrected chi connectivity index (χ2v) is 5.92. The third-order valence-corrected chi connectivity index (χ3v) is 3.58. The van der Waals surface area contributed by atoms with Crippen LogP contribution in [0.25, 0.3) is 0 Å². The number of hydrogen-bond acceptors (Lipinski definition) is 5. The summed E-state index contributed by atoms with van der Waals surface area (Å²) in [5.41, 5.74) is 7.09. The Morgan fingerprint density at radius 2 is 2.06 bits per heavy atom. The molecule has 0 aliphatic carbocycles. The van der Waals surface area contributed by atoms with Crippen LogP contribution in [0.15, 0.2) is 23.1 Å². The van der Waals surface area contributed by atoms with E-state index >= 15 is 0 Å². The number of hydrogen-bond donors (Lipinski definition) is 1. The number of benzene rings is 1. The highest BCUT2D eigenvalue weighted by atomic mass is 32.2. The van der Waals surface area contributed by atoms with Gasteiger partial charge in [0.1, 0.15) is 0 Å². The van der Waals surface area contributed by atoms with Gasteiger partial charge < -0.3 is 15.4 Å². The molecular formula is C11H18N2O3S. The number of ether oxygens (including phenoxy) is 1. The lowest BCUT2D eigenvalue weighted by molar-refractivity contribution is 0.206. The third-order valence-electron chi connectivity index (χ3n) is 2.47. The molecule has 0 unspecified atom stereocenters. The summed E-state index contributed by atoms with van der Waals surface area (Å²) in [5, 5.41) is 0. The summed E-state index contributed by atoms with van der Waals surface area (Å²) in [6.45, 7) is 1.28. The van der Waals surface area contributed by atoms with Crippen molar-refractivity contribution < 1.29 is 13.2 Å². The van der Waals surface area contributed by atoms with E-state index in [0.29, 0.717) is 18.8 Å². The molecule has 0 spiro atoms. The van der Waals surface area contributed by atoms with Gasteiger partial charge in [-0.25, -0.2) is 8.42 Å². The molecule has 0 amide bonds. The molecule has 0 radical (unpaired) electrons. The van der Waals surface area contributed by atoms with E-state index in [0.717, 1.165) is 11.9 Å². The predicted octanol–water partition coefficient (Wildman–Crippen LogP) is 0.755. The van der Waals surface area contributed by atoms with Crippen LogP contribution in [0.3, 0.4) is 0 Å². The normalized spacial score (nSPS) is 11.5. The van der Waals surface area contributed by atoms with E-state index in [4.69, 9.17) is 10.5 Å². The van der Waals surface area contributed by atoms with Crippen molar-refractivity contribution in [2.75, 3.05) is 44.2 Å². The van der Waals surface area contributed by atoms with Crippen LogP contribution in [0.5, 0.6) is 0 Å². The molecule has 2 N–H and O–H groups in total. The first-order valence-electron chi connectivity index (χ1n) is 5.16. The molecule has 0 atom stereocenters. The van der Waals surface area contributed by atoms with Crippen molar-refractivity contribution in [1.82, 2.24) is 0 Å². The molecule has 0 aliphatic heterocycles. The Balaban J connectivity index is 2.98. The largest absolute Gasteiger partial charge is 0.397 e. The van der Waals surface area contributed by atoms with Crippen molar-refractivity contribution >= 4 is 21.2 Å². The van der Waals surface area contributed by atoms with Crippen LogP contribution in [-0.4, -0.2) is 42.0 Å². The SMILES string of the molecule is COCCN(C)c1ccc(S(C)(=O)=O)cc1N. The first kappa shape index (κ1) is 13.8. The molecule has 5 nitrogen and oxygen atoms in total. The number of nitrogens with zero attached hydrogens (tertiary/aromatic N) is 1. The van der Waals surface area contributed by atoms with Crippen LogP contribution >= 0.6 is 0 Å². The highest BCUT2D eigenvalue weighted by Crippen LogP contribution is 2.25. The van der Waals surface area contributed by atoms with Crippen molar-refractivity contribution in [1.29, 1.82) is 0 Å². The van der Waals surface area contributed by atoms with Gasteiger partial charge in [0.15, 0.2) is 9.84 Å². The standard InChI is InChI=1S/C11H18N2O3S/c1-13(6-7-16-2)11-5-4-9(8-10(11)12)17(3,14)15/h4-5,8H,6-7,12H2,1-3H3. The highest BCUT2D eigenvalue weighted by molar-refractivity contribution is 7.90. The highest BCUT2D eigenvalue weighted by Gasteiger charge is 2.11. The Morgan fingerprint density at radius 3 is 2.53 bits per heavy atom. The first-order valence-corrected chi connectivity index (χ1v) is 7.05. The fourth-order valence-electron chi connectivity index (χ4n) is 1.46. The summed E-state index contributed by atoms with van der Waals surface area (Å²) >= 11 is 0. The minimum absolute atomic E-state index is 0.235. The number of nitrogen functional groups attached to an aromatic ring is 1. The number of rotatable bonds is 5. The van der Waals surface area contributed by atoms with Crippen molar-refractivity contribution in [3.63, 3.8) is 0 Å². The number of anilines is 2. The van der Waals surface area contributed by atoms with Crippen LogP contribution in [0.2, 0.25) is 0 Å². The fourth-order valence-corrected chi connectivity index (χ4v) is 2.12. The van der Waals surface area contributed by atoms with Crippen LogP contribution < -0.4 is 10.6 Å². The molecule has 0 heterocycles. The molecule has 1 aromatic carbocycles. The van der Waals surface area contributed by atoms with E-state index in [2.05, 4.69) is 0 Å². The van der Waals surface area contributed by atoms with Crippen molar-refractivity contribution in [2.45, 2.75) is 4.90 Å². The molecule has 0 aliphatic rings. The Kier molecular flexibility index (Phi) is 4.36. The van der Waals surface area contributed by atoms with Crippen molar-refractivity contribution in [3.05, 3.63) is 18.2 Å². The third kappa shape index (κ3) is 3.61. The van der Waals surface area contributed by atoms with Gasteiger partial charge in [-0.05, 0) is 18.2 Å². The maximum absolute atomic E-state index is 11.3. The first-order chi connectivity index (χ1) is 7.86. The molecule has 0 aromatic heterocycles. The lowest BCUT2D eigenvalue weighted by Crippen LogP contribution is -2.23. The van der Waals surface area contributed by atoms with Crippen LogP contribution in [0, 0.1) is 0 Å². The Hall–Kier alpha value is -1.27. The van der Waals surface area contributed by atoms with Gasteiger partial charge in [0.2, 0.25) is 0 Å². The zero-order valence-electron chi connectivity index (χ0n) is 10.3. The molecule has 1 aromatic rings. The maximum atomic E-state index is 11.3. The van der Waals surface area contributed by atoms with Crippen molar-refractivity contribution in [3.8, 4) is 0 Å². The second-order valence-electron chi connectivity index (χ2n) is 3.91. The zero-order valence-corrected chi connectivity index (χ0v) is 11.1. The number of nitrogens with two attached hydrogens (primary N) is 1. The second kappa shape index (κ2) is 5.37. The Labute approximate surface area is 102 Å². The van der Waals surface area contributed by atoms with Gasteiger partial charge in [-0.3, -0.25) is 0 Å². The van der Waals surface area contributed by atoms with Gasteiger partial charge in [0.25, 0.3) is 0 Å². The Bertz CT molecular complexity index is 485. The molecule has 0 bridgehead atoms. The van der Waals surface area contributed by atoms with Crippen LogP contribution in [0.4, 0.5) is 11.4 Å². The average Bonchev–Trinajstić information content (AvgIpc) is 2.24. The summed E-state index contributed by atoms with van der Waals surface area (Å²) in [4.78, 5) is 2.16. The fraction of sp³-hybridized carbons (Fsp3) is 0.455. The molecule has 6 heteroatoms. The monoisotopic (exact) mass is 258 g/mol. The summed E-state index contributed by atoms with van der Waals surface area (Å²) < 4.78 is 27.7. The van der Waals surface area contributed by atoms with Gasteiger partial charge in [0.05, 0.1) is 22.9 Å².